The van der Waals surface area contributed by atoms with Crippen LogP contribution in [-0.4, -0.2) is 181 Å². The van der Waals surface area contributed by atoms with Crippen molar-refractivity contribution in [1.82, 2.24) is 46.0 Å². The number of hydrazine groups is 1. The van der Waals surface area contributed by atoms with Gasteiger partial charge in [-0.15, -0.1) is 0 Å². The highest BCUT2D eigenvalue weighted by Gasteiger charge is 2.43. The maximum atomic E-state index is 14.3. The second-order valence-electron chi connectivity index (χ2n) is 16.7. The highest BCUT2D eigenvalue weighted by molar-refractivity contribution is 5.90. The molecule has 62 heavy (non-hydrogen) atoms. The zero-order chi connectivity index (χ0) is 45.4. The number of amides is 6. The van der Waals surface area contributed by atoms with E-state index in [4.69, 9.17) is 9.47 Å². The number of likely N-dealkylation sites (N-methyl/N-ethyl adjacent to an activating group) is 2. The van der Waals surface area contributed by atoms with Gasteiger partial charge in [0.25, 0.3) is 11.8 Å². The van der Waals surface area contributed by atoms with Gasteiger partial charge in [0.2, 0.25) is 5.72 Å². The van der Waals surface area contributed by atoms with Crippen LogP contribution in [0, 0.1) is 11.8 Å². The van der Waals surface area contributed by atoms with Gasteiger partial charge >= 0.3 is 12.1 Å². The Kier molecular flexibility index (Phi) is 19.1. The number of benzene rings is 2. The fourth-order valence-corrected chi connectivity index (χ4v) is 6.93. The first kappa shape index (κ1) is 49.5. The number of phenols is 2. The van der Waals surface area contributed by atoms with Crippen LogP contribution in [0.4, 0.5) is 9.59 Å². The number of carbonyl (C=O) groups excluding carboxylic acids is 4. The minimum absolute atomic E-state index is 0.107. The quantitative estimate of drug-likeness (QED) is 0.0545. The molecule has 18 heteroatoms. The van der Waals surface area contributed by atoms with Gasteiger partial charge in [0.15, 0.2) is 11.5 Å². The van der Waals surface area contributed by atoms with Gasteiger partial charge in [-0.2, -0.15) is 0 Å². The third-order valence-corrected chi connectivity index (χ3v) is 11.4. The normalized spacial score (nSPS) is 16.7. The third kappa shape index (κ3) is 14.8. The maximum Gasteiger partial charge on any atom is 0.319 e. The van der Waals surface area contributed by atoms with E-state index in [0.717, 1.165) is 31.7 Å². The molecule has 0 spiro atoms. The molecule has 7 N–H and O–H groups in total. The topological polar surface area (TPSA) is 212 Å². The van der Waals surface area contributed by atoms with E-state index in [9.17, 15) is 34.5 Å². The third-order valence-electron chi connectivity index (χ3n) is 11.4. The number of ether oxygens (including phenoxy) is 2. The zero-order valence-corrected chi connectivity index (χ0v) is 37.3. The number of hydrogen-bond donors (Lipinski definition) is 7. The number of phenolic OH excluding ortho intramolecular Hbond substituents is 2. The minimum atomic E-state index is -2.33. The summed E-state index contributed by atoms with van der Waals surface area (Å²) in [5.41, 5.74) is 2.08. The second kappa shape index (κ2) is 23.9. The van der Waals surface area contributed by atoms with Gasteiger partial charge in [0, 0.05) is 84.0 Å². The Hall–Kier alpha value is -5.14. The molecular formula is C44H69N9O9. The number of urea groups is 2. The molecule has 2 fully saturated rings. The molecule has 6 amide bonds. The Morgan fingerprint density at radius 3 is 1.90 bits per heavy atom. The second-order valence-corrected chi connectivity index (χ2v) is 16.7. The van der Waals surface area contributed by atoms with Crippen LogP contribution in [0.5, 0.6) is 11.5 Å². The molecule has 18 nitrogen and oxygen atoms in total. The lowest BCUT2D eigenvalue weighted by atomic mass is 9.97. The summed E-state index contributed by atoms with van der Waals surface area (Å²) in [4.78, 5) is 62.8. The van der Waals surface area contributed by atoms with Crippen LogP contribution < -0.4 is 21.4 Å². The predicted molar refractivity (Wildman–Crippen MR) is 236 cm³/mol. The van der Waals surface area contributed by atoms with Crippen LogP contribution in [0.3, 0.4) is 0 Å². The van der Waals surface area contributed by atoms with Crippen molar-refractivity contribution in [2.75, 3.05) is 99.4 Å². The van der Waals surface area contributed by atoms with E-state index < -0.39 is 53.4 Å². The number of nitrogens with zero attached hydrogens (tertiary/aromatic N) is 5. The van der Waals surface area contributed by atoms with Gasteiger partial charge in [0.1, 0.15) is 6.04 Å². The van der Waals surface area contributed by atoms with Crippen LogP contribution in [-0.2, 0) is 25.5 Å². The van der Waals surface area contributed by atoms with Crippen LogP contribution in [0.15, 0.2) is 55.1 Å². The highest BCUT2D eigenvalue weighted by atomic mass is 16.5. The molecule has 0 aliphatic carbocycles. The van der Waals surface area contributed by atoms with Gasteiger partial charge in [-0.1, -0.05) is 64.6 Å². The van der Waals surface area contributed by atoms with Crippen LogP contribution >= 0.6 is 0 Å². The van der Waals surface area contributed by atoms with Gasteiger partial charge in [0.05, 0.1) is 38.7 Å². The molecule has 2 aliphatic rings. The standard InChI is InChI=1S/C44H69N9O9/c1-31(2)39(46-42(58)49(6)17-19-51-21-25-61-26-22-51)40(56)48-53(33(5)35-14-16-37(54)38(55)29-35)30-36(15-13-34-11-9-8-10-12-34)45-41(57)44(60,32(3)4)47-43(59)50(7)18-20-52-23-27-62-28-24-52/h8-12,14,16,29,31-32,36,39,54-55,60H,5,13,15,17-28,30H2,1-4,6-7H3,(H,45,57)(H,46,58)(H,47,59)(H,48,56)/t36-,39-,44+/m0/s1. The summed E-state index contributed by atoms with van der Waals surface area (Å²) in [5, 5.41) is 42.2. The maximum absolute atomic E-state index is 14.3. The molecule has 2 heterocycles. The summed E-state index contributed by atoms with van der Waals surface area (Å²) in [7, 11) is 3.27. The lowest BCUT2D eigenvalue weighted by Crippen LogP contribution is -2.66. The number of hydrogen-bond acceptors (Lipinski definition) is 12. The summed E-state index contributed by atoms with van der Waals surface area (Å²) in [6, 6.07) is 10.8. The lowest BCUT2D eigenvalue weighted by Gasteiger charge is -2.37. The van der Waals surface area contributed by atoms with Crippen molar-refractivity contribution in [2.45, 2.75) is 58.3 Å². The number of aryl methyl sites for hydroxylation is 1. The number of rotatable bonds is 21. The fraction of sp³-hybridized carbons (Fsp3) is 0.591. The molecule has 2 aliphatic heterocycles. The van der Waals surface area contributed by atoms with Crippen molar-refractivity contribution in [1.29, 1.82) is 0 Å². The van der Waals surface area contributed by atoms with Gasteiger partial charge < -0.3 is 50.5 Å². The van der Waals surface area contributed by atoms with E-state index in [2.05, 4.69) is 37.8 Å². The Morgan fingerprint density at radius 1 is 0.806 bits per heavy atom. The van der Waals surface area contributed by atoms with Gasteiger partial charge in [-0.05, 0) is 42.5 Å². The molecule has 0 bridgehead atoms. The van der Waals surface area contributed by atoms with Crippen molar-refractivity contribution >= 4 is 29.6 Å². The molecule has 2 aromatic carbocycles. The molecule has 2 saturated heterocycles. The molecule has 4 rings (SSSR count). The summed E-state index contributed by atoms with van der Waals surface area (Å²) < 4.78 is 10.8. The lowest BCUT2D eigenvalue weighted by molar-refractivity contribution is -0.148. The van der Waals surface area contributed by atoms with Gasteiger partial charge in [-0.3, -0.25) is 29.8 Å². The van der Waals surface area contributed by atoms with Crippen LogP contribution in [0.1, 0.15) is 45.2 Å². The SMILES string of the molecule is C=C(c1ccc(O)c(O)c1)N(C[C@H](CCc1ccccc1)NC(=O)[C@@](O)(NC(=O)N(C)CCN1CCOCC1)C(C)C)NC(=O)[C@@H](NC(=O)N(C)CCN1CCOCC1)C(C)C. The Balaban J connectivity index is 1.57. The zero-order valence-electron chi connectivity index (χ0n) is 37.3. The average Bonchev–Trinajstić information content (AvgIpc) is 3.26. The first-order valence-electron chi connectivity index (χ1n) is 21.5. The van der Waals surface area contributed by atoms with E-state index in [1.54, 1.807) is 41.8 Å². The van der Waals surface area contributed by atoms with Gasteiger partial charge in [-0.25, -0.2) is 9.59 Å². The molecule has 2 aromatic rings. The van der Waals surface area contributed by atoms with Crippen molar-refractivity contribution < 1.29 is 44.0 Å². The summed E-state index contributed by atoms with van der Waals surface area (Å²) in [6.45, 7) is 18.5. The summed E-state index contributed by atoms with van der Waals surface area (Å²) in [6.07, 6.45) is 0.800. The first-order valence-corrected chi connectivity index (χ1v) is 21.5. The number of aliphatic hydroxyl groups is 1. The average molecular weight is 868 g/mol. The number of nitrogens with one attached hydrogen (secondary N) is 4. The van der Waals surface area contributed by atoms with Crippen molar-refractivity contribution in [3.8, 4) is 11.5 Å². The van der Waals surface area contributed by atoms with Crippen molar-refractivity contribution in [3.05, 3.63) is 66.2 Å². The molecule has 0 aromatic heterocycles. The van der Waals surface area contributed by atoms with E-state index in [-0.39, 0.29) is 23.9 Å². The molecule has 3 atom stereocenters. The molecule has 0 saturated carbocycles. The first-order chi connectivity index (χ1) is 29.5. The Labute approximate surface area is 366 Å². The number of aromatic hydroxyl groups is 2. The summed E-state index contributed by atoms with van der Waals surface area (Å²) in [5.74, 6) is -3.31. The van der Waals surface area contributed by atoms with E-state index >= 15 is 0 Å². The molecule has 0 unspecified atom stereocenters. The smallest absolute Gasteiger partial charge is 0.319 e. The van der Waals surface area contributed by atoms with E-state index in [0.29, 0.717) is 71.0 Å². The molecule has 344 valence electrons. The van der Waals surface area contributed by atoms with Crippen LogP contribution in [0.2, 0.25) is 0 Å². The van der Waals surface area contributed by atoms with Crippen molar-refractivity contribution in [2.24, 2.45) is 11.8 Å². The van der Waals surface area contributed by atoms with Crippen LogP contribution in [0.25, 0.3) is 5.70 Å². The monoisotopic (exact) mass is 868 g/mol. The fourth-order valence-electron chi connectivity index (χ4n) is 6.93. The Bertz CT molecular complexity index is 1770. The summed E-state index contributed by atoms with van der Waals surface area (Å²) >= 11 is 0. The van der Waals surface area contributed by atoms with E-state index in [1.165, 1.54) is 33.0 Å². The predicted octanol–water partition coefficient (Wildman–Crippen LogP) is 1.84. The van der Waals surface area contributed by atoms with Crippen molar-refractivity contribution in [3.63, 3.8) is 0 Å². The molecule has 0 radical (unpaired) electrons. The highest BCUT2D eigenvalue weighted by Crippen LogP contribution is 2.29. The largest absolute Gasteiger partial charge is 0.504 e. The number of morpholine rings is 2. The minimum Gasteiger partial charge on any atom is -0.504 e. The Morgan fingerprint density at radius 2 is 1.37 bits per heavy atom. The molecular weight excluding hydrogens is 799 g/mol. The number of carbonyl (C=O) groups is 4. The van der Waals surface area contributed by atoms with E-state index in [1.807, 2.05) is 30.3 Å².